The normalized spacial score (nSPS) is 15.0. The molecule has 1 unspecified atom stereocenters. The average Bonchev–Trinajstić information content (AvgIpc) is 3.47. The van der Waals surface area contributed by atoms with E-state index < -0.39 is 22.1 Å². The molecule has 154 valence electrons. The van der Waals surface area contributed by atoms with Crippen molar-refractivity contribution in [2.75, 3.05) is 0 Å². The van der Waals surface area contributed by atoms with Gasteiger partial charge in [0.2, 0.25) is 15.8 Å². The fourth-order valence-electron chi connectivity index (χ4n) is 3.01. The molecule has 0 heterocycles. The van der Waals surface area contributed by atoms with Crippen LogP contribution < -0.4 is 4.72 Å². The lowest BCUT2D eigenvalue weighted by atomic mass is 9.96. The Labute approximate surface area is 171 Å². The van der Waals surface area contributed by atoms with E-state index >= 15 is 0 Å². The van der Waals surface area contributed by atoms with Crippen molar-refractivity contribution in [3.63, 3.8) is 0 Å². The summed E-state index contributed by atoms with van der Waals surface area (Å²) in [4.78, 5) is 25.3. The van der Waals surface area contributed by atoms with Gasteiger partial charge in [0.05, 0.1) is 10.5 Å². The minimum atomic E-state index is -3.68. The van der Waals surface area contributed by atoms with Crippen LogP contribution in [0.4, 0.5) is 0 Å². The maximum atomic E-state index is 12.8. The molecular weight excluding hydrogens is 390 g/mol. The number of carbonyl (C=O) groups is 2. The number of aryl methyl sites for hydroxylation is 3. The van der Waals surface area contributed by atoms with Gasteiger partial charge in [0.1, 0.15) is 0 Å². The molecular formula is C22H25NO5S. The minimum absolute atomic E-state index is 0.00262. The minimum Gasteiger partial charge on any atom is -0.451 e. The Hall–Kier alpha value is -2.51. The second kappa shape index (κ2) is 8.08. The molecule has 0 amide bonds. The fraction of sp³-hybridized carbons (Fsp3) is 0.364. The van der Waals surface area contributed by atoms with Crippen LogP contribution in [0.15, 0.2) is 41.3 Å². The second-order valence-corrected chi connectivity index (χ2v) is 9.30. The van der Waals surface area contributed by atoms with Crippen LogP contribution in [0.2, 0.25) is 0 Å². The summed E-state index contributed by atoms with van der Waals surface area (Å²) in [5.74, 6) is -1.03. The lowest BCUT2D eigenvalue weighted by Crippen LogP contribution is -2.27. The lowest BCUT2D eigenvalue weighted by molar-refractivity contribution is 0.0318. The van der Waals surface area contributed by atoms with E-state index in [2.05, 4.69) is 4.72 Å². The van der Waals surface area contributed by atoms with Crippen LogP contribution in [-0.2, 0) is 14.8 Å². The van der Waals surface area contributed by atoms with Gasteiger partial charge in [-0.05, 0) is 81.5 Å². The summed E-state index contributed by atoms with van der Waals surface area (Å²) in [6, 6.07) is 9.34. The molecule has 6 nitrogen and oxygen atoms in total. The summed E-state index contributed by atoms with van der Waals surface area (Å²) >= 11 is 0. The Morgan fingerprint density at radius 1 is 1.03 bits per heavy atom. The highest BCUT2D eigenvalue weighted by Crippen LogP contribution is 2.23. The van der Waals surface area contributed by atoms with Gasteiger partial charge in [-0.1, -0.05) is 12.1 Å². The molecule has 1 saturated carbocycles. The number of benzene rings is 2. The van der Waals surface area contributed by atoms with Gasteiger partial charge in [-0.25, -0.2) is 17.9 Å². The number of sulfonamides is 1. The average molecular weight is 416 g/mol. The van der Waals surface area contributed by atoms with Crippen LogP contribution in [-0.4, -0.2) is 32.3 Å². The van der Waals surface area contributed by atoms with Gasteiger partial charge in [0.15, 0.2) is 6.10 Å². The van der Waals surface area contributed by atoms with Crippen LogP contribution in [0.3, 0.4) is 0 Å². The van der Waals surface area contributed by atoms with Gasteiger partial charge in [-0.2, -0.15) is 0 Å². The van der Waals surface area contributed by atoms with Gasteiger partial charge >= 0.3 is 5.97 Å². The first-order valence-corrected chi connectivity index (χ1v) is 11.0. The molecule has 0 aromatic heterocycles. The highest BCUT2D eigenvalue weighted by molar-refractivity contribution is 7.89. The molecule has 0 saturated heterocycles. The predicted octanol–water partition coefficient (Wildman–Crippen LogP) is 3.48. The number of rotatable bonds is 7. The number of carbonyl (C=O) groups excluding carboxylic acids is 2. The van der Waals surface area contributed by atoms with E-state index in [4.69, 9.17) is 4.74 Å². The van der Waals surface area contributed by atoms with Crippen LogP contribution in [0, 0.1) is 20.8 Å². The number of Topliss-reactive ketones (excluding diaryl/α,β-unsaturated/α-hetero) is 1. The third-order valence-electron chi connectivity index (χ3n) is 5.04. The van der Waals surface area contributed by atoms with Crippen LogP contribution in [0.1, 0.15) is 57.2 Å². The third kappa shape index (κ3) is 4.92. The van der Waals surface area contributed by atoms with Crippen LogP contribution in [0.5, 0.6) is 0 Å². The first-order valence-electron chi connectivity index (χ1n) is 9.54. The number of nitrogens with one attached hydrogen (secondary N) is 1. The Morgan fingerprint density at radius 2 is 1.69 bits per heavy atom. The number of ether oxygens (including phenoxy) is 1. The molecule has 1 N–H and O–H groups in total. The van der Waals surface area contributed by atoms with E-state index in [9.17, 15) is 18.0 Å². The molecule has 0 radical (unpaired) electrons. The number of esters is 1. The smallest absolute Gasteiger partial charge is 0.338 e. The van der Waals surface area contributed by atoms with Gasteiger partial charge < -0.3 is 4.74 Å². The first kappa shape index (κ1) is 21.2. The van der Waals surface area contributed by atoms with E-state index in [1.165, 1.54) is 31.2 Å². The SMILES string of the molecule is Cc1cc(C)c(C(=O)C(C)OC(=O)c2cccc(S(=O)(=O)NC3CC3)c2)cc1C. The number of hydrogen-bond donors (Lipinski definition) is 1. The molecule has 1 fully saturated rings. The molecule has 1 aliphatic carbocycles. The van der Waals surface area contributed by atoms with Crippen LogP contribution in [0.25, 0.3) is 0 Å². The maximum Gasteiger partial charge on any atom is 0.338 e. The summed E-state index contributed by atoms with van der Waals surface area (Å²) in [6.45, 7) is 7.25. The number of hydrogen-bond acceptors (Lipinski definition) is 5. The standard InChI is InChI=1S/C22H25NO5S/c1-13-10-15(3)20(11-14(13)2)21(24)16(4)28-22(25)17-6-5-7-19(12-17)29(26,27)23-18-8-9-18/h5-7,10-12,16,18,23H,8-9H2,1-4H3. The molecule has 7 heteroatoms. The number of ketones is 1. The Balaban J connectivity index is 1.75. The van der Waals surface area contributed by atoms with E-state index in [0.717, 1.165) is 29.5 Å². The molecule has 29 heavy (non-hydrogen) atoms. The van der Waals surface area contributed by atoms with Crippen molar-refractivity contribution in [2.24, 2.45) is 0 Å². The molecule has 3 rings (SSSR count). The zero-order valence-corrected chi connectivity index (χ0v) is 17.8. The second-order valence-electron chi connectivity index (χ2n) is 7.59. The van der Waals surface area contributed by atoms with Crippen molar-refractivity contribution in [3.05, 3.63) is 64.2 Å². The fourth-order valence-corrected chi connectivity index (χ4v) is 4.36. The molecule has 1 aliphatic rings. The lowest BCUT2D eigenvalue weighted by Gasteiger charge is -2.15. The largest absolute Gasteiger partial charge is 0.451 e. The van der Waals surface area contributed by atoms with E-state index in [1.54, 1.807) is 6.07 Å². The highest BCUT2D eigenvalue weighted by atomic mass is 32.2. The zero-order valence-electron chi connectivity index (χ0n) is 17.0. The zero-order chi connectivity index (χ0) is 21.3. The maximum absolute atomic E-state index is 12.8. The van der Waals surface area contributed by atoms with Gasteiger partial charge in [0, 0.05) is 11.6 Å². The Kier molecular flexibility index (Phi) is 5.91. The predicted molar refractivity (Wildman–Crippen MR) is 110 cm³/mol. The molecule has 0 aliphatic heterocycles. The van der Waals surface area contributed by atoms with E-state index in [1.807, 2.05) is 26.8 Å². The van der Waals surface area contributed by atoms with Crippen molar-refractivity contribution in [3.8, 4) is 0 Å². The first-order chi connectivity index (χ1) is 13.6. The molecule has 2 aromatic carbocycles. The quantitative estimate of drug-likeness (QED) is 0.552. The molecule has 0 bridgehead atoms. The van der Waals surface area contributed by atoms with Gasteiger partial charge in [0.25, 0.3) is 0 Å². The van der Waals surface area contributed by atoms with E-state index in [-0.39, 0.29) is 22.3 Å². The monoisotopic (exact) mass is 415 g/mol. The summed E-state index contributed by atoms with van der Waals surface area (Å²) in [5, 5.41) is 0. The summed E-state index contributed by atoms with van der Waals surface area (Å²) in [6.07, 6.45) is 0.643. The van der Waals surface area contributed by atoms with E-state index in [0.29, 0.717) is 5.56 Å². The molecule has 0 spiro atoms. The summed E-state index contributed by atoms with van der Waals surface area (Å²) in [7, 11) is -3.68. The topological polar surface area (TPSA) is 89.5 Å². The van der Waals surface area contributed by atoms with Crippen molar-refractivity contribution >= 4 is 21.8 Å². The van der Waals surface area contributed by atoms with Gasteiger partial charge in [-0.3, -0.25) is 4.79 Å². The molecule has 1 atom stereocenters. The van der Waals surface area contributed by atoms with Crippen molar-refractivity contribution in [1.29, 1.82) is 0 Å². The van der Waals surface area contributed by atoms with Crippen molar-refractivity contribution in [1.82, 2.24) is 4.72 Å². The van der Waals surface area contributed by atoms with Crippen molar-refractivity contribution in [2.45, 2.75) is 57.6 Å². The van der Waals surface area contributed by atoms with Crippen LogP contribution >= 0.6 is 0 Å². The Morgan fingerprint density at radius 3 is 2.34 bits per heavy atom. The molecule has 2 aromatic rings. The van der Waals surface area contributed by atoms with Crippen molar-refractivity contribution < 1.29 is 22.7 Å². The van der Waals surface area contributed by atoms with Gasteiger partial charge in [-0.15, -0.1) is 0 Å². The third-order valence-corrected chi connectivity index (χ3v) is 6.56. The Bertz CT molecular complexity index is 1070. The highest BCUT2D eigenvalue weighted by Gasteiger charge is 2.29. The summed E-state index contributed by atoms with van der Waals surface area (Å²) < 4.78 is 32.6. The summed E-state index contributed by atoms with van der Waals surface area (Å²) in [5.41, 5.74) is 3.49.